The Morgan fingerprint density at radius 3 is 2.46 bits per heavy atom. The molecule has 0 fully saturated rings. The highest BCUT2D eigenvalue weighted by Gasteiger charge is 2.55. The second-order valence-corrected chi connectivity index (χ2v) is 6.85. The summed E-state index contributed by atoms with van der Waals surface area (Å²) in [4.78, 5) is 23.9. The van der Waals surface area contributed by atoms with Crippen LogP contribution in [0.2, 0.25) is 5.02 Å². The summed E-state index contributed by atoms with van der Waals surface area (Å²) in [5.74, 6) is -5.77. The molecule has 1 aliphatic rings. The monoisotopic (exact) mass is 414 g/mol. The lowest BCUT2D eigenvalue weighted by Crippen LogP contribution is -2.62. The van der Waals surface area contributed by atoms with E-state index in [-0.39, 0.29) is 17.0 Å². The van der Waals surface area contributed by atoms with Crippen LogP contribution >= 0.6 is 11.6 Å². The van der Waals surface area contributed by atoms with Gasteiger partial charge < -0.3 is 25.1 Å². The fraction of sp³-hybridized carbons (Fsp3) is 0.389. The summed E-state index contributed by atoms with van der Waals surface area (Å²) in [6.07, 6.45) is -5.90. The Labute approximate surface area is 163 Å². The van der Waals surface area contributed by atoms with Crippen LogP contribution in [0.15, 0.2) is 35.5 Å². The van der Waals surface area contributed by atoms with E-state index in [9.17, 15) is 33.0 Å². The molecule has 150 valence electrons. The molecule has 1 aliphatic heterocycles. The quantitative estimate of drug-likeness (QED) is 0.769. The third-order valence-corrected chi connectivity index (χ3v) is 5.16. The van der Waals surface area contributed by atoms with Crippen LogP contribution < -0.4 is 15.5 Å². The number of hydrogen-bond donors (Lipinski definition) is 1. The average Bonchev–Trinajstić information content (AvgIpc) is 2.58. The lowest BCUT2D eigenvalue weighted by molar-refractivity contribution is -0.323. The van der Waals surface area contributed by atoms with Crippen molar-refractivity contribution in [3.05, 3.63) is 46.1 Å². The Balaban J connectivity index is 2.93. The van der Waals surface area contributed by atoms with E-state index < -0.39 is 53.2 Å². The molecule has 1 heterocycles. The molecule has 1 N–H and O–H groups in total. The average molecular weight is 415 g/mol. The van der Waals surface area contributed by atoms with Crippen LogP contribution in [0.3, 0.4) is 0 Å². The lowest BCUT2D eigenvalue weighted by atomic mass is 9.60. The van der Waals surface area contributed by atoms with Crippen LogP contribution in [0.5, 0.6) is 0 Å². The first kappa shape index (κ1) is 21.6. The zero-order chi connectivity index (χ0) is 21.3. The van der Waals surface area contributed by atoms with Crippen LogP contribution in [0.1, 0.15) is 31.2 Å². The minimum Gasteiger partial charge on any atom is -0.549 e. The molecule has 0 radical (unpaired) electrons. The van der Waals surface area contributed by atoms with E-state index in [2.05, 4.69) is 0 Å². The molecule has 2 rings (SSSR count). The first-order chi connectivity index (χ1) is 13.0. The van der Waals surface area contributed by atoms with Crippen molar-refractivity contribution in [3.8, 4) is 6.07 Å². The fourth-order valence-corrected chi connectivity index (χ4v) is 3.90. The highest BCUT2D eigenvalue weighted by atomic mass is 35.5. The van der Waals surface area contributed by atoms with Crippen LogP contribution in [-0.4, -0.2) is 24.2 Å². The first-order valence-corrected chi connectivity index (χ1v) is 8.47. The Hall–Kier alpha value is -2.73. The number of aliphatic carboxylic acids is 2. The van der Waals surface area contributed by atoms with Gasteiger partial charge in [-0.05, 0) is 31.0 Å². The lowest BCUT2D eigenvalue weighted by Gasteiger charge is -2.51. The van der Waals surface area contributed by atoms with Crippen molar-refractivity contribution < 1.29 is 33.0 Å². The number of rotatable bonds is 5. The van der Waals surface area contributed by atoms with Gasteiger partial charge in [-0.2, -0.15) is 18.4 Å². The molecule has 0 saturated heterocycles. The van der Waals surface area contributed by atoms with Crippen molar-refractivity contribution in [2.24, 2.45) is 5.41 Å². The molecular formula is C18H14ClF3N2O4-2. The van der Waals surface area contributed by atoms with E-state index in [0.29, 0.717) is 0 Å². The largest absolute Gasteiger partial charge is 0.549 e. The van der Waals surface area contributed by atoms with Crippen LogP contribution in [0.4, 0.5) is 13.2 Å². The molecule has 6 nitrogen and oxygen atoms in total. The SMILES string of the molecule is CC1NC(C(F)(F)F)=C(C(=O)[O-])C(c2cccc(Cl)c2)C1(CCC#N)C(=O)[O-]. The number of carboxylic acids is 2. The van der Waals surface area contributed by atoms with Gasteiger partial charge in [0.15, 0.2) is 0 Å². The van der Waals surface area contributed by atoms with Gasteiger partial charge >= 0.3 is 6.18 Å². The number of nitrogens with one attached hydrogen (secondary N) is 1. The zero-order valence-corrected chi connectivity index (χ0v) is 15.2. The maximum atomic E-state index is 13.5. The van der Waals surface area contributed by atoms with Crippen molar-refractivity contribution in [1.82, 2.24) is 5.32 Å². The molecule has 0 saturated carbocycles. The number of halogens is 4. The number of hydrogen-bond acceptors (Lipinski definition) is 6. The number of carbonyl (C=O) groups excluding carboxylic acids is 2. The zero-order valence-electron chi connectivity index (χ0n) is 14.5. The topological polar surface area (TPSA) is 116 Å². The van der Waals surface area contributed by atoms with Gasteiger partial charge in [0, 0.05) is 34.4 Å². The number of carbonyl (C=O) groups is 2. The summed E-state index contributed by atoms with van der Waals surface area (Å²) >= 11 is 5.90. The maximum Gasteiger partial charge on any atom is 0.431 e. The van der Waals surface area contributed by atoms with Crippen molar-refractivity contribution in [1.29, 1.82) is 5.26 Å². The predicted molar refractivity (Wildman–Crippen MR) is 87.2 cm³/mol. The van der Waals surface area contributed by atoms with Crippen molar-refractivity contribution in [2.45, 2.75) is 37.9 Å². The number of carboxylic acid groups (broad SMARTS) is 2. The van der Waals surface area contributed by atoms with Crippen molar-refractivity contribution in [3.63, 3.8) is 0 Å². The van der Waals surface area contributed by atoms with Gasteiger partial charge in [-0.3, -0.25) is 0 Å². The van der Waals surface area contributed by atoms with Gasteiger partial charge in [0.05, 0.1) is 18.0 Å². The normalized spacial score (nSPS) is 25.0. The molecule has 1 aromatic carbocycles. The van der Waals surface area contributed by atoms with E-state index in [4.69, 9.17) is 16.9 Å². The van der Waals surface area contributed by atoms with E-state index in [1.807, 2.05) is 5.32 Å². The third-order valence-electron chi connectivity index (χ3n) is 4.92. The smallest absolute Gasteiger partial charge is 0.431 e. The third kappa shape index (κ3) is 3.64. The van der Waals surface area contributed by atoms with Gasteiger partial charge in [-0.1, -0.05) is 23.7 Å². The molecule has 3 atom stereocenters. The molecule has 0 spiro atoms. The summed E-state index contributed by atoms with van der Waals surface area (Å²) in [6, 6.07) is 5.55. The van der Waals surface area contributed by atoms with Crippen LogP contribution in [0.25, 0.3) is 0 Å². The molecule has 0 aromatic heterocycles. The fourth-order valence-electron chi connectivity index (χ4n) is 3.70. The summed E-state index contributed by atoms with van der Waals surface area (Å²) in [6.45, 7) is 1.17. The highest BCUT2D eigenvalue weighted by Crippen LogP contribution is 2.52. The molecule has 0 aliphatic carbocycles. The standard InChI is InChI=1S/C18H16ClF3N2O4/c1-9-17(16(27)28,6-3-7-23)13(10-4-2-5-11(19)8-10)12(15(25)26)14(24-9)18(20,21)22/h2,4-5,8-9,13,24H,3,6H2,1H3,(H,25,26)(H,27,28)/p-2. The Morgan fingerprint density at radius 2 is 2.00 bits per heavy atom. The van der Waals surface area contributed by atoms with Gasteiger partial charge in [0.25, 0.3) is 0 Å². The minimum atomic E-state index is -5.10. The van der Waals surface area contributed by atoms with Gasteiger partial charge in [0.1, 0.15) is 5.70 Å². The summed E-state index contributed by atoms with van der Waals surface area (Å²) in [7, 11) is 0. The van der Waals surface area contributed by atoms with Crippen LogP contribution in [0, 0.1) is 16.7 Å². The van der Waals surface area contributed by atoms with E-state index in [0.717, 1.165) is 0 Å². The molecular weight excluding hydrogens is 401 g/mol. The minimum absolute atomic E-state index is 0.0658. The maximum absolute atomic E-state index is 13.5. The second-order valence-electron chi connectivity index (χ2n) is 6.41. The van der Waals surface area contributed by atoms with E-state index in [1.54, 1.807) is 6.07 Å². The van der Waals surface area contributed by atoms with Crippen molar-refractivity contribution in [2.75, 3.05) is 0 Å². The van der Waals surface area contributed by atoms with Crippen LogP contribution in [-0.2, 0) is 9.59 Å². The number of allylic oxidation sites excluding steroid dienone is 1. The van der Waals surface area contributed by atoms with E-state index >= 15 is 0 Å². The Kier molecular flexibility index (Phi) is 5.94. The highest BCUT2D eigenvalue weighted by molar-refractivity contribution is 6.30. The Morgan fingerprint density at radius 1 is 1.36 bits per heavy atom. The molecule has 10 heteroatoms. The Bertz CT molecular complexity index is 878. The predicted octanol–water partition coefficient (Wildman–Crippen LogP) is 1.02. The van der Waals surface area contributed by atoms with Gasteiger partial charge in [-0.25, -0.2) is 0 Å². The molecule has 1 aromatic rings. The molecule has 3 unspecified atom stereocenters. The molecule has 0 bridgehead atoms. The van der Waals surface area contributed by atoms with Gasteiger partial charge in [-0.15, -0.1) is 0 Å². The van der Waals surface area contributed by atoms with Gasteiger partial charge in [0.2, 0.25) is 0 Å². The van der Waals surface area contributed by atoms with Crippen molar-refractivity contribution >= 4 is 23.5 Å². The molecule has 0 amide bonds. The summed E-state index contributed by atoms with van der Waals surface area (Å²) < 4.78 is 40.6. The number of nitrogens with zero attached hydrogens (tertiary/aromatic N) is 1. The molecule has 28 heavy (non-hydrogen) atoms. The number of alkyl halides is 3. The number of benzene rings is 1. The summed E-state index contributed by atoms with van der Waals surface area (Å²) in [5, 5.41) is 34.9. The first-order valence-electron chi connectivity index (χ1n) is 8.10. The second kappa shape index (κ2) is 7.72. The summed E-state index contributed by atoms with van der Waals surface area (Å²) in [5.41, 5.74) is -5.09. The van der Waals surface area contributed by atoms with E-state index in [1.165, 1.54) is 31.2 Å². The number of nitriles is 1.